The summed E-state index contributed by atoms with van der Waals surface area (Å²) in [6.45, 7) is 4.91. The van der Waals surface area contributed by atoms with Crippen LogP contribution in [0.1, 0.15) is 30.9 Å². The molecule has 0 spiro atoms. The lowest BCUT2D eigenvalue weighted by molar-refractivity contribution is -0.146. The van der Waals surface area contributed by atoms with E-state index in [4.69, 9.17) is 4.74 Å². The number of nitrogens with one attached hydrogen (secondary N) is 2. The van der Waals surface area contributed by atoms with Gasteiger partial charge < -0.3 is 10.1 Å². The first-order valence-corrected chi connectivity index (χ1v) is 10.3. The van der Waals surface area contributed by atoms with E-state index >= 15 is 0 Å². The quantitative estimate of drug-likeness (QED) is 0.659. The number of amides is 1. The molecule has 7 nitrogen and oxygen atoms in total. The van der Waals surface area contributed by atoms with Gasteiger partial charge in [0.2, 0.25) is 10.0 Å². The van der Waals surface area contributed by atoms with Crippen molar-refractivity contribution < 1.29 is 22.7 Å². The van der Waals surface area contributed by atoms with E-state index in [1.165, 1.54) is 12.1 Å². The lowest BCUT2D eigenvalue weighted by Crippen LogP contribution is -2.32. The molecule has 2 aromatic carbocycles. The maximum Gasteiger partial charge on any atom is 0.321 e. The highest BCUT2D eigenvalue weighted by Crippen LogP contribution is 2.17. The summed E-state index contributed by atoms with van der Waals surface area (Å²) >= 11 is 0. The lowest BCUT2D eigenvalue weighted by atomic mass is 10.0. The van der Waals surface area contributed by atoms with E-state index in [2.05, 4.69) is 23.9 Å². The van der Waals surface area contributed by atoms with Crippen LogP contribution in [-0.4, -0.2) is 33.4 Å². The van der Waals surface area contributed by atoms with E-state index < -0.39 is 35.1 Å². The van der Waals surface area contributed by atoms with Gasteiger partial charge in [0.15, 0.2) is 6.61 Å². The Labute approximate surface area is 165 Å². The van der Waals surface area contributed by atoms with Gasteiger partial charge in [-0.1, -0.05) is 43.7 Å². The molecule has 28 heavy (non-hydrogen) atoms. The van der Waals surface area contributed by atoms with Crippen molar-refractivity contribution in [3.8, 4) is 0 Å². The van der Waals surface area contributed by atoms with E-state index in [-0.39, 0.29) is 4.90 Å². The Morgan fingerprint density at radius 3 is 2.18 bits per heavy atom. The molecule has 0 heterocycles. The highest BCUT2D eigenvalue weighted by molar-refractivity contribution is 7.89. The predicted octanol–water partition coefficient (Wildman–Crippen LogP) is 2.58. The Balaban J connectivity index is 1.78. The highest BCUT2D eigenvalue weighted by Gasteiger charge is 2.16. The van der Waals surface area contributed by atoms with E-state index in [1.54, 1.807) is 24.3 Å². The van der Waals surface area contributed by atoms with Crippen LogP contribution in [0.25, 0.3) is 0 Å². The second kappa shape index (κ2) is 9.48. The van der Waals surface area contributed by atoms with Crippen molar-refractivity contribution in [3.63, 3.8) is 0 Å². The van der Waals surface area contributed by atoms with Crippen LogP contribution in [0.5, 0.6) is 0 Å². The third kappa shape index (κ3) is 6.47. The minimum atomic E-state index is -3.82. The fraction of sp³-hybridized carbons (Fsp3) is 0.300. The smallest absolute Gasteiger partial charge is 0.321 e. The molecule has 0 aliphatic heterocycles. The Hall–Kier alpha value is -2.71. The fourth-order valence-corrected chi connectivity index (χ4v) is 3.27. The summed E-state index contributed by atoms with van der Waals surface area (Å²) < 4.78 is 31.2. The Kier molecular flexibility index (Phi) is 7.31. The predicted molar refractivity (Wildman–Crippen MR) is 106 cm³/mol. The third-order valence-electron chi connectivity index (χ3n) is 3.96. The fourth-order valence-electron chi connectivity index (χ4n) is 2.30. The van der Waals surface area contributed by atoms with Crippen molar-refractivity contribution in [2.75, 3.05) is 18.5 Å². The molecule has 0 aromatic heterocycles. The standard InChI is InChI=1S/C20H24N2O5S/c1-14(2)16-6-8-17(9-7-16)22-19(23)13-27-20(24)12-21-28(25,26)18-10-4-15(3)5-11-18/h4-11,14,21H,12-13H2,1-3H3,(H,22,23). The second-order valence-electron chi connectivity index (χ2n) is 6.62. The van der Waals surface area contributed by atoms with Crippen LogP contribution >= 0.6 is 0 Å². The zero-order valence-corrected chi connectivity index (χ0v) is 16.9. The third-order valence-corrected chi connectivity index (χ3v) is 5.38. The summed E-state index contributed by atoms with van der Waals surface area (Å²) in [6, 6.07) is 13.6. The van der Waals surface area contributed by atoms with Gasteiger partial charge in [-0.2, -0.15) is 4.72 Å². The van der Waals surface area contributed by atoms with Crippen molar-refractivity contribution in [3.05, 3.63) is 59.7 Å². The molecule has 150 valence electrons. The minimum Gasteiger partial charge on any atom is -0.455 e. The molecule has 0 atom stereocenters. The normalized spacial score (nSPS) is 11.3. The Morgan fingerprint density at radius 2 is 1.61 bits per heavy atom. The maximum absolute atomic E-state index is 12.1. The molecule has 8 heteroatoms. The number of aryl methyl sites for hydroxylation is 1. The van der Waals surface area contributed by atoms with Gasteiger partial charge in [0, 0.05) is 5.69 Å². The number of carbonyl (C=O) groups excluding carboxylic acids is 2. The molecule has 1 amide bonds. The van der Waals surface area contributed by atoms with Crippen LogP contribution in [0.3, 0.4) is 0 Å². The number of carbonyl (C=O) groups is 2. The summed E-state index contributed by atoms with van der Waals surface area (Å²) in [6.07, 6.45) is 0. The first kappa shape index (κ1) is 21.6. The number of hydrogen-bond donors (Lipinski definition) is 2. The van der Waals surface area contributed by atoms with Gasteiger partial charge in [-0.15, -0.1) is 0 Å². The largest absolute Gasteiger partial charge is 0.455 e. The van der Waals surface area contributed by atoms with Gasteiger partial charge in [-0.05, 0) is 42.7 Å². The molecule has 2 aromatic rings. The Bertz CT molecular complexity index is 920. The van der Waals surface area contributed by atoms with Gasteiger partial charge in [0.1, 0.15) is 6.54 Å². The molecular weight excluding hydrogens is 380 g/mol. The van der Waals surface area contributed by atoms with Crippen LogP contribution in [-0.2, 0) is 24.3 Å². The SMILES string of the molecule is Cc1ccc(S(=O)(=O)NCC(=O)OCC(=O)Nc2ccc(C(C)C)cc2)cc1. The molecule has 0 saturated carbocycles. The van der Waals surface area contributed by atoms with Crippen molar-refractivity contribution in [2.24, 2.45) is 0 Å². The second-order valence-corrected chi connectivity index (χ2v) is 8.39. The van der Waals surface area contributed by atoms with Crippen molar-refractivity contribution in [1.29, 1.82) is 0 Å². The molecule has 0 unspecified atom stereocenters. The van der Waals surface area contributed by atoms with Crippen LogP contribution in [0, 0.1) is 6.92 Å². The van der Waals surface area contributed by atoms with Crippen molar-refractivity contribution in [1.82, 2.24) is 4.72 Å². The van der Waals surface area contributed by atoms with E-state index in [0.29, 0.717) is 11.6 Å². The van der Waals surface area contributed by atoms with E-state index in [1.807, 2.05) is 19.1 Å². The van der Waals surface area contributed by atoms with Crippen LogP contribution in [0.2, 0.25) is 0 Å². The highest BCUT2D eigenvalue weighted by atomic mass is 32.2. The molecule has 2 N–H and O–H groups in total. The van der Waals surface area contributed by atoms with Crippen LogP contribution in [0.4, 0.5) is 5.69 Å². The zero-order valence-electron chi connectivity index (χ0n) is 16.1. The first-order valence-electron chi connectivity index (χ1n) is 8.79. The summed E-state index contributed by atoms with van der Waals surface area (Å²) in [4.78, 5) is 23.6. The average Bonchev–Trinajstić information content (AvgIpc) is 2.65. The summed E-state index contributed by atoms with van der Waals surface area (Å²) in [5.41, 5.74) is 2.65. The zero-order chi connectivity index (χ0) is 20.7. The summed E-state index contributed by atoms with van der Waals surface area (Å²) in [5.74, 6) is -0.970. The van der Waals surface area contributed by atoms with Gasteiger partial charge in [0.25, 0.3) is 5.91 Å². The number of hydrogen-bond acceptors (Lipinski definition) is 5. The first-order chi connectivity index (χ1) is 13.2. The van der Waals surface area contributed by atoms with Crippen molar-refractivity contribution in [2.45, 2.75) is 31.6 Å². The minimum absolute atomic E-state index is 0.0495. The summed E-state index contributed by atoms with van der Waals surface area (Å²) in [5, 5.41) is 2.61. The number of rotatable bonds is 8. The molecule has 0 saturated heterocycles. The molecule has 2 rings (SSSR count). The topological polar surface area (TPSA) is 102 Å². The molecule has 0 aliphatic carbocycles. The number of sulfonamides is 1. The average molecular weight is 404 g/mol. The van der Waals surface area contributed by atoms with Crippen molar-refractivity contribution >= 4 is 27.6 Å². The number of esters is 1. The molecule has 0 bridgehead atoms. The monoisotopic (exact) mass is 404 g/mol. The van der Waals surface area contributed by atoms with Gasteiger partial charge in [-0.3, -0.25) is 9.59 Å². The van der Waals surface area contributed by atoms with Crippen LogP contribution < -0.4 is 10.0 Å². The van der Waals surface area contributed by atoms with E-state index in [9.17, 15) is 18.0 Å². The summed E-state index contributed by atoms with van der Waals surface area (Å²) in [7, 11) is -3.82. The lowest BCUT2D eigenvalue weighted by Gasteiger charge is -2.09. The molecule has 0 fully saturated rings. The number of ether oxygens (including phenoxy) is 1. The molecular formula is C20H24N2O5S. The van der Waals surface area contributed by atoms with Gasteiger partial charge >= 0.3 is 5.97 Å². The molecule has 0 radical (unpaired) electrons. The number of benzene rings is 2. The molecule has 0 aliphatic rings. The maximum atomic E-state index is 12.1. The van der Waals surface area contributed by atoms with Crippen LogP contribution in [0.15, 0.2) is 53.4 Å². The number of anilines is 1. The Morgan fingerprint density at radius 1 is 1.00 bits per heavy atom. The van der Waals surface area contributed by atoms with Gasteiger partial charge in [-0.25, -0.2) is 8.42 Å². The van der Waals surface area contributed by atoms with E-state index in [0.717, 1.165) is 11.1 Å². The van der Waals surface area contributed by atoms with Gasteiger partial charge in [0.05, 0.1) is 4.90 Å².